The van der Waals surface area contributed by atoms with Crippen LogP contribution in [0.25, 0.3) is 0 Å². The molecule has 0 aromatic carbocycles. The third-order valence-corrected chi connectivity index (χ3v) is 4.18. The normalized spacial score (nSPS) is 29.3. The molecule has 0 radical (unpaired) electrons. The Bertz CT molecular complexity index is 317. The number of isothiocyanates is 1. The van der Waals surface area contributed by atoms with Gasteiger partial charge >= 0.3 is 0 Å². The lowest BCUT2D eigenvalue weighted by molar-refractivity contribution is 0.437. The van der Waals surface area contributed by atoms with Gasteiger partial charge in [-0.2, -0.15) is 0 Å². The van der Waals surface area contributed by atoms with Gasteiger partial charge in [-0.05, 0) is 31.5 Å². The highest BCUT2D eigenvalue weighted by molar-refractivity contribution is 7.91. The summed E-state index contributed by atoms with van der Waals surface area (Å²) in [7, 11) is -2.90. The first-order valence-corrected chi connectivity index (χ1v) is 6.66. The molecule has 13 heavy (non-hydrogen) atoms. The fourth-order valence-electron chi connectivity index (χ4n) is 1.70. The van der Waals surface area contributed by atoms with Crippen LogP contribution in [0.2, 0.25) is 0 Å². The van der Waals surface area contributed by atoms with Crippen molar-refractivity contribution in [3.05, 3.63) is 0 Å². The molecule has 1 saturated carbocycles. The van der Waals surface area contributed by atoms with Gasteiger partial charge in [-0.15, -0.1) is 0 Å². The average Bonchev–Trinajstić information content (AvgIpc) is 2.04. The highest BCUT2D eigenvalue weighted by atomic mass is 32.2. The molecule has 0 bridgehead atoms. The van der Waals surface area contributed by atoms with Crippen molar-refractivity contribution in [2.75, 3.05) is 6.26 Å². The van der Waals surface area contributed by atoms with Gasteiger partial charge in [0, 0.05) is 6.26 Å². The van der Waals surface area contributed by atoms with Crippen LogP contribution < -0.4 is 0 Å². The van der Waals surface area contributed by atoms with Crippen LogP contribution in [0.3, 0.4) is 0 Å². The van der Waals surface area contributed by atoms with E-state index in [4.69, 9.17) is 0 Å². The Morgan fingerprint density at radius 1 is 1.46 bits per heavy atom. The predicted octanol–water partition coefficient (Wildman–Crippen LogP) is 1.45. The highest BCUT2D eigenvalue weighted by Crippen LogP contribution is 2.25. The summed E-state index contributed by atoms with van der Waals surface area (Å²) in [6.45, 7) is 0. The van der Waals surface area contributed by atoms with Crippen molar-refractivity contribution in [2.45, 2.75) is 37.0 Å². The van der Waals surface area contributed by atoms with Crippen molar-refractivity contribution >= 4 is 27.2 Å². The molecule has 0 aromatic heterocycles. The maximum absolute atomic E-state index is 11.2. The number of thiocarbonyl (C=S) groups is 1. The monoisotopic (exact) mass is 219 g/mol. The summed E-state index contributed by atoms with van der Waals surface area (Å²) < 4.78 is 22.5. The predicted molar refractivity (Wildman–Crippen MR) is 55.9 cm³/mol. The van der Waals surface area contributed by atoms with Gasteiger partial charge in [-0.1, -0.05) is 6.42 Å². The molecule has 0 spiro atoms. The van der Waals surface area contributed by atoms with E-state index >= 15 is 0 Å². The molecule has 0 aliphatic heterocycles. The van der Waals surface area contributed by atoms with Crippen molar-refractivity contribution < 1.29 is 8.42 Å². The topological polar surface area (TPSA) is 46.5 Å². The van der Waals surface area contributed by atoms with Crippen LogP contribution in [0.5, 0.6) is 0 Å². The first kappa shape index (κ1) is 10.8. The minimum Gasteiger partial charge on any atom is -0.229 e. The van der Waals surface area contributed by atoms with Gasteiger partial charge in [0.05, 0.1) is 16.5 Å². The molecule has 1 rings (SSSR count). The summed E-state index contributed by atoms with van der Waals surface area (Å²) in [5.74, 6) is 0. The third-order valence-electron chi connectivity index (χ3n) is 2.44. The molecule has 0 heterocycles. The van der Waals surface area contributed by atoms with E-state index < -0.39 is 9.84 Å². The summed E-state index contributed by atoms with van der Waals surface area (Å²) in [6.07, 6.45) is 4.53. The van der Waals surface area contributed by atoms with E-state index in [0.717, 1.165) is 19.3 Å². The standard InChI is InChI=1S/C8H13NO2S2/c1-13(10,11)8-4-2-3-7(5-8)9-6-12/h7-8H,2-5H2,1H3/t7-,8+/m0/s1. The molecular formula is C8H13NO2S2. The van der Waals surface area contributed by atoms with Crippen LogP contribution in [-0.2, 0) is 9.84 Å². The summed E-state index contributed by atoms with van der Waals surface area (Å²) in [6, 6.07) is 0.0750. The number of nitrogens with zero attached hydrogens (tertiary/aromatic N) is 1. The summed E-state index contributed by atoms with van der Waals surface area (Å²) in [5.41, 5.74) is 0. The van der Waals surface area contributed by atoms with Crippen molar-refractivity contribution in [1.29, 1.82) is 0 Å². The van der Waals surface area contributed by atoms with E-state index in [1.165, 1.54) is 6.26 Å². The van der Waals surface area contributed by atoms with Gasteiger partial charge in [0.2, 0.25) is 0 Å². The minimum absolute atomic E-state index is 0.0750. The highest BCUT2D eigenvalue weighted by Gasteiger charge is 2.28. The van der Waals surface area contributed by atoms with Gasteiger partial charge < -0.3 is 0 Å². The fourth-order valence-corrected chi connectivity index (χ4v) is 3.02. The Balaban J connectivity index is 2.67. The van der Waals surface area contributed by atoms with Crippen LogP contribution >= 0.6 is 12.2 Å². The van der Waals surface area contributed by atoms with Crippen LogP contribution in [-0.4, -0.2) is 31.1 Å². The van der Waals surface area contributed by atoms with Gasteiger partial charge in [0.1, 0.15) is 9.84 Å². The molecule has 0 N–H and O–H groups in total. The Morgan fingerprint density at radius 2 is 2.15 bits per heavy atom. The zero-order chi connectivity index (χ0) is 9.90. The lowest BCUT2D eigenvalue weighted by Gasteiger charge is -2.24. The van der Waals surface area contributed by atoms with Gasteiger partial charge in [0.25, 0.3) is 0 Å². The second-order valence-electron chi connectivity index (χ2n) is 3.49. The molecule has 1 aliphatic carbocycles. The minimum atomic E-state index is -2.90. The molecule has 1 aliphatic rings. The Hall–Kier alpha value is -0.250. The number of aliphatic imine (C=N–C) groups is 1. The van der Waals surface area contributed by atoms with Crippen molar-refractivity contribution in [3.8, 4) is 0 Å². The fraction of sp³-hybridized carbons (Fsp3) is 0.875. The van der Waals surface area contributed by atoms with E-state index in [2.05, 4.69) is 22.4 Å². The number of sulfone groups is 1. The van der Waals surface area contributed by atoms with Gasteiger partial charge in [-0.25, -0.2) is 13.4 Å². The second kappa shape index (κ2) is 4.31. The second-order valence-corrected chi connectivity index (χ2v) is 6.00. The molecule has 3 nitrogen and oxygen atoms in total. The molecule has 5 heteroatoms. The first-order chi connectivity index (χ1) is 6.04. The molecular weight excluding hydrogens is 206 g/mol. The van der Waals surface area contributed by atoms with E-state index in [1.54, 1.807) is 0 Å². The van der Waals surface area contributed by atoms with E-state index in [1.807, 2.05) is 0 Å². The third kappa shape index (κ3) is 3.18. The zero-order valence-corrected chi connectivity index (χ0v) is 9.20. The van der Waals surface area contributed by atoms with Crippen molar-refractivity contribution in [2.24, 2.45) is 4.99 Å². The SMILES string of the molecule is CS(=O)(=O)[C@@H]1CCC[C@H](N=C=S)C1. The molecule has 0 amide bonds. The number of hydrogen-bond acceptors (Lipinski definition) is 4. The van der Waals surface area contributed by atoms with E-state index in [-0.39, 0.29) is 11.3 Å². The molecule has 0 aromatic rings. The number of rotatable bonds is 2. The van der Waals surface area contributed by atoms with E-state index in [0.29, 0.717) is 6.42 Å². The number of hydrogen-bond donors (Lipinski definition) is 0. The van der Waals surface area contributed by atoms with Crippen LogP contribution in [0.15, 0.2) is 4.99 Å². The maximum atomic E-state index is 11.2. The van der Waals surface area contributed by atoms with Crippen molar-refractivity contribution in [1.82, 2.24) is 0 Å². The van der Waals surface area contributed by atoms with Crippen LogP contribution in [0.4, 0.5) is 0 Å². The van der Waals surface area contributed by atoms with Crippen molar-refractivity contribution in [3.63, 3.8) is 0 Å². The average molecular weight is 219 g/mol. The summed E-state index contributed by atoms with van der Waals surface area (Å²) >= 11 is 4.50. The zero-order valence-electron chi connectivity index (χ0n) is 7.56. The lowest BCUT2D eigenvalue weighted by atomic mass is 9.96. The summed E-state index contributed by atoms with van der Waals surface area (Å²) in [4.78, 5) is 3.95. The summed E-state index contributed by atoms with van der Waals surface area (Å²) in [5, 5.41) is 2.10. The van der Waals surface area contributed by atoms with Crippen LogP contribution in [0, 0.1) is 0 Å². The van der Waals surface area contributed by atoms with Gasteiger partial charge in [-0.3, -0.25) is 0 Å². The van der Waals surface area contributed by atoms with Crippen LogP contribution in [0.1, 0.15) is 25.7 Å². The largest absolute Gasteiger partial charge is 0.229 e. The van der Waals surface area contributed by atoms with Gasteiger partial charge in [0.15, 0.2) is 0 Å². The van der Waals surface area contributed by atoms with E-state index in [9.17, 15) is 8.42 Å². The molecule has 74 valence electrons. The maximum Gasteiger partial charge on any atom is 0.150 e. The lowest BCUT2D eigenvalue weighted by Crippen LogP contribution is -2.29. The Kier molecular flexibility index (Phi) is 3.59. The smallest absolute Gasteiger partial charge is 0.150 e. The Labute approximate surface area is 84.2 Å². The molecule has 0 unspecified atom stereocenters. The molecule has 2 atom stereocenters. The Morgan fingerprint density at radius 3 is 2.69 bits per heavy atom. The quantitative estimate of drug-likeness (QED) is 0.521. The molecule has 1 fully saturated rings. The first-order valence-electron chi connectivity index (χ1n) is 4.30. The molecule has 0 saturated heterocycles.